The fraction of sp³-hybridized carbons (Fsp3) is 0.300. The molecule has 1 aromatic rings. The number of methoxy groups -OCH3 is 1. The quantitative estimate of drug-likeness (QED) is 0.774. The molecule has 5 heteroatoms. The Labute approximate surface area is 85.8 Å². The molecule has 0 aliphatic rings. The SMILES string of the molecule is COC(=O)C(N)C(F)c1cccc(F)c1. The first-order chi connectivity index (χ1) is 7.06. The lowest BCUT2D eigenvalue weighted by Gasteiger charge is -2.14. The van der Waals surface area contributed by atoms with E-state index in [-0.39, 0.29) is 5.56 Å². The molecule has 2 N–H and O–H groups in total. The number of hydrogen-bond donors (Lipinski definition) is 1. The van der Waals surface area contributed by atoms with Crippen LogP contribution in [0.25, 0.3) is 0 Å². The minimum atomic E-state index is -1.77. The second-order valence-corrected chi connectivity index (χ2v) is 3.01. The Hall–Kier alpha value is -1.49. The van der Waals surface area contributed by atoms with Crippen molar-refractivity contribution in [3.05, 3.63) is 35.6 Å². The fourth-order valence-electron chi connectivity index (χ4n) is 1.14. The van der Waals surface area contributed by atoms with E-state index in [1.807, 2.05) is 0 Å². The summed E-state index contributed by atoms with van der Waals surface area (Å²) in [5.41, 5.74) is 5.30. The average Bonchev–Trinajstić information content (AvgIpc) is 2.26. The molecule has 2 unspecified atom stereocenters. The molecular weight excluding hydrogens is 204 g/mol. The monoisotopic (exact) mass is 215 g/mol. The second kappa shape index (κ2) is 4.84. The van der Waals surface area contributed by atoms with Crippen LogP contribution in [0.5, 0.6) is 0 Å². The maximum atomic E-state index is 13.6. The van der Waals surface area contributed by atoms with E-state index in [0.29, 0.717) is 0 Å². The molecule has 3 nitrogen and oxygen atoms in total. The van der Waals surface area contributed by atoms with Crippen LogP contribution in [0.1, 0.15) is 11.7 Å². The van der Waals surface area contributed by atoms with Gasteiger partial charge < -0.3 is 10.5 Å². The highest BCUT2D eigenvalue weighted by atomic mass is 19.1. The first-order valence-corrected chi connectivity index (χ1v) is 4.29. The van der Waals surface area contributed by atoms with Crippen LogP contribution in [0.3, 0.4) is 0 Å². The Bertz CT molecular complexity index is 357. The molecule has 0 radical (unpaired) electrons. The minimum Gasteiger partial charge on any atom is -0.468 e. The summed E-state index contributed by atoms with van der Waals surface area (Å²) in [4.78, 5) is 10.9. The zero-order valence-electron chi connectivity index (χ0n) is 8.11. The van der Waals surface area contributed by atoms with E-state index in [9.17, 15) is 13.6 Å². The van der Waals surface area contributed by atoms with Gasteiger partial charge in [-0.05, 0) is 17.7 Å². The van der Waals surface area contributed by atoms with Crippen LogP contribution < -0.4 is 5.73 Å². The fourth-order valence-corrected chi connectivity index (χ4v) is 1.14. The van der Waals surface area contributed by atoms with Crippen molar-refractivity contribution < 1.29 is 18.3 Å². The molecule has 0 heterocycles. The number of benzene rings is 1. The Morgan fingerprint density at radius 2 is 2.20 bits per heavy atom. The largest absolute Gasteiger partial charge is 0.468 e. The molecule has 0 aliphatic carbocycles. The van der Waals surface area contributed by atoms with E-state index >= 15 is 0 Å². The van der Waals surface area contributed by atoms with Crippen molar-refractivity contribution in [1.82, 2.24) is 0 Å². The third kappa shape index (κ3) is 2.73. The van der Waals surface area contributed by atoms with Gasteiger partial charge in [0.1, 0.15) is 11.9 Å². The van der Waals surface area contributed by atoms with Crippen molar-refractivity contribution in [2.24, 2.45) is 5.73 Å². The molecule has 0 amide bonds. The summed E-state index contributed by atoms with van der Waals surface area (Å²) in [6, 6.07) is 3.45. The van der Waals surface area contributed by atoms with Crippen LogP contribution in [0, 0.1) is 5.82 Å². The summed E-state index contributed by atoms with van der Waals surface area (Å²) in [7, 11) is 1.11. The summed E-state index contributed by atoms with van der Waals surface area (Å²) >= 11 is 0. The molecule has 15 heavy (non-hydrogen) atoms. The molecular formula is C10H11F2NO2. The zero-order valence-corrected chi connectivity index (χ0v) is 8.11. The third-order valence-corrected chi connectivity index (χ3v) is 1.96. The van der Waals surface area contributed by atoms with E-state index in [0.717, 1.165) is 13.2 Å². The van der Waals surface area contributed by atoms with Gasteiger partial charge in [-0.1, -0.05) is 12.1 Å². The lowest BCUT2D eigenvalue weighted by atomic mass is 10.0. The molecule has 1 rings (SSSR count). The van der Waals surface area contributed by atoms with Crippen LogP contribution >= 0.6 is 0 Å². The predicted molar refractivity (Wildman–Crippen MR) is 50.2 cm³/mol. The Kier molecular flexibility index (Phi) is 3.74. The van der Waals surface area contributed by atoms with Crippen molar-refractivity contribution in [3.63, 3.8) is 0 Å². The maximum Gasteiger partial charge on any atom is 0.326 e. The first kappa shape index (κ1) is 11.6. The van der Waals surface area contributed by atoms with Gasteiger partial charge in [0.2, 0.25) is 0 Å². The van der Waals surface area contributed by atoms with E-state index in [4.69, 9.17) is 5.73 Å². The number of alkyl halides is 1. The highest BCUT2D eigenvalue weighted by Gasteiger charge is 2.26. The molecule has 0 saturated heterocycles. The molecule has 0 fully saturated rings. The van der Waals surface area contributed by atoms with Gasteiger partial charge in [0.15, 0.2) is 6.17 Å². The van der Waals surface area contributed by atoms with Crippen molar-refractivity contribution in [2.75, 3.05) is 7.11 Å². The lowest BCUT2D eigenvalue weighted by Crippen LogP contribution is -2.35. The van der Waals surface area contributed by atoms with Crippen LogP contribution in [0.4, 0.5) is 8.78 Å². The van der Waals surface area contributed by atoms with Gasteiger partial charge in [0.05, 0.1) is 7.11 Å². The van der Waals surface area contributed by atoms with E-state index < -0.39 is 24.0 Å². The average molecular weight is 215 g/mol. The van der Waals surface area contributed by atoms with Crippen molar-refractivity contribution in [2.45, 2.75) is 12.2 Å². The molecule has 0 aromatic heterocycles. The van der Waals surface area contributed by atoms with Crippen LogP contribution in [-0.2, 0) is 9.53 Å². The smallest absolute Gasteiger partial charge is 0.326 e. The first-order valence-electron chi connectivity index (χ1n) is 4.29. The lowest BCUT2D eigenvalue weighted by molar-refractivity contribution is -0.143. The number of hydrogen-bond acceptors (Lipinski definition) is 3. The number of nitrogens with two attached hydrogens (primary N) is 1. The van der Waals surface area contributed by atoms with Crippen LogP contribution in [0.15, 0.2) is 24.3 Å². The van der Waals surface area contributed by atoms with Crippen molar-refractivity contribution in [3.8, 4) is 0 Å². The van der Waals surface area contributed by atoms with Crippen LogP contribution in [-0.4, -0.2) is 19.1 Å². The summed E-state index contributed by atoms with van der Waals surface area (Å²) in [6.07, 6.45) is -1.77. The maximum absolute atomic E-state index is 13.6. The summed E-state index contributed by atoms with van der Waals surface area (Å²) in [6.45, 7) is 0. The molecule has 82 valence electrons. The van der Waals surface area contributed by atoms with Gasteiger partial charge in [-0.3, -0.25) is 4.79 Å². The molecule has 0 saturated carbocycles. The Morgan fingerprint density at radius 1 is 1.53 bits per heavy atom. The topological polar surface area (TPSA) is 52.3 Å². The molecule has 1 aromatic carbocycles. The molecule has 0 aliphatic heterocycles. The Morgan fingerprint density at radius 3 is 2.73 bits per heavy atom. The normalized spacial score (nSPS) is 14.4. The third-order valence-electron chi connectivity index (χ3n) is 1.96. The number of ether oxygens (including phenoxy) is 1. The number of carbonyl (C=O) groups excluding carboxylic acids is 1. The number of carbonyl (C=O) groups is 1. The van der Waals surface area contributed by atoms with E-state index in [1.54, 1.807) is 0 Å². The highest BCUT2D eigenvalue weighted by Crippen LogP contribution is 2.21. The van der Waals surface area contributed by atoms with Gasteiger partial charge in [0, 0.05) is 0 Å². The summed E-state index contributed by atoms with van der Waals surface area (Å²) in [5, 5.41) is 0. The standard InChI is InChI=1S/C10H11F2NO2/c1-15-10(14)9(13)8(12)6-3-2-4-7(11)5-6/h2-5,8-9H,13H2,1H3. The second-order valence-electron chi connectivity index (χ2n) is 3.01. The van der Waals surface area contributed by atoms with Gasteiger partial charge in [0.25, 0.3) is 0 Å². The van der Waals surface area contributed by atoms with Crippen molar-refractivity contribution in [1.29, 1.82) is 0 Å². The molecule has 2 atom stereocenters. The minimum absolute atomic E-state index is 0.0212. The summed E-state index contributed by atoms with van der Waals surface area (Å²) in [5.74, 6) is -1.45. The molecule has 0 spiro atoms. The number of halogens is 2. The number of rotatable bonds is 3. The summed E-state index contributed by atoms with van der Waals surface area (Å²) < 4.78 is 30.6. The van der Waals surface area contributed by atoms with E-state index in [1.165, 1.54) is 18.2 Å². The highest BCUT2D eigenvalue weighted by molar-refractivity contribution is 5.76. The van der Waals surface area contributed by atoms with Gasteiger partial charge in [-0.2, -0.15) is 0 Å². The number of esters is 1. The zero-order chi connectivity index (χ0) is 11.4. The van der Waals surface area contributed by atoms with Gasteiger partial charge >= 0.3 is 5.97 Å². The molecule has 0 bridgehead atoms. The van der Waals surface area contributed by atoms with Gasteiger partial charge in [-0.25, -0.2) is 8.78 Å². The van der Waals surface area contributed by atoms with Gasteiger partial charge in [-0.15, -0.1) is 0 Å². The predicted octanol–water partition coefficient (Wildman–Crippen LogP) is 1.34. The van der Waals surface area contributed by atoms with E-state index in [2.05, 4.69) is 4.74 Å². The van der Waals surface area contributed by atoms with Crippen LogP contribution in [0.2, 0.25) is 0 Å². The Balaban J connectivity index is 2.84. The van der Waals surface area contributed by atoms with Crippen molar-refractivity contribution >= 4 is 5.97 Å².